The maximum Gasteiger partial charge on any atom is 0.0681 e. The Hall–Kier alpha value is -0.757. The monoisotopic (exact) mass is 306 g/mol. The molecule has 0 amide bonds. The van der Waals surface area contributed by atoms with E-state index in [1.54, 1.807) is 0 Å². The summed E-state index contributed by atoms with van der Waals surface area (Å²) < 4.78 is 0. The SMILES string of the molecule is OCc1ccccc1.OCc1ccccc1.[Zr]. The molecule has 2 aromatic rings. The Bertz CT molecular complexity index is 336. The van der Waals surface area contributed by atoms with Crippen LogP contribution in [-0.4, -0.2) is 10.2 Å². The second-order valence-corrected chi connectivity index (χ2v) is 3.29. The van der Waals surface area contributed by atoms with Crippen molar-refractivity contribution in [2.45, 2.75) is 13.2 Å². The summed E-state index contributed by atoms with van der Waals surface area (Å²) in [6.07, 6.45) is 0. The van der Waals surface area contributed by atoms with Crippen LogP contribution in [0.25, 0.3) is 0 Å². The quantitative estimate of drug-likeness (QED) is 0.894. The molecule has 0 spiro atoms. The summed E-state index contributed by atoms with van der Waals surface area (Å²) in [6, 6.07) is 19.0. The van der Waals surface area contributed by atoms with E-state index in [9.17, 15) is 0 Å². The number of benzene rings is 2. The topological polar surface area (TPSA) is 40.5 Å². The Morgan fingerprint density at radius 2 is 0.882 bits per heavy atom. The van der Waals surface area contributed by atoms with Gasteiger partial charge < -0.3 is 10.2 Å². The third-order valence-electron chi connectivity index (χ3n) is 2.05. The van der Waals surface area contributed by atoms with Gasteiger partial charge in [-0.3, -0.25) is 0 Å². The van der Waals surface area contributed by atoms with Gasteiger partial charge in [0.1, 0.15) is 0 Å². The van der Waals surface area contributed by atoms with E-state index >= 15 is 0 Å². The van der Waals surface area contributed by atoms with Crippen molar-refractivity contribution in [2.24, 2.45) is 0 Å². The maximum absolute atomic E-state index is 8.54. The van der Waals surface area contributed by atoms with E-state index in [1.807, 2.05) is 60.7 Å². The normalized spacial score (nSPS) is 8.59. The third-order valence-corrected chi connectivity index (χ3v) is 2.05. The van der Waals surface area contributed by atoms with Crippen molar-refractivity contribution in [1.29, 1.82) is 0 Å². The molecule has 0 aliphatic carbocycles. The van der Waals surface area contributed by atoms with Gasteiger partial charge in [-0.1, -0.05) is 60.7 Å². The van der Waals surface area contributed by atoms with Gasteiger partial charge in [0.2, 0.25) is 0 Å². The molecule has 0 saturated heterocycles. The molecular weight excluding hydrogens is 291 g/mol. The minimum absolute atomic E-state index is 0. The Kier molecular flexibility index (Phi) is 9.94. The fourth-order valence-corrected chi connectivity index (χ4v) is 1.17. The van der Waals surface area contributed by atoms with Crippen molar-refractivity contribution >= 4 is 0 Å². The van der Waals surface area contributed by atoms with Crippen molar-refractivity contribution in [3.8, 4) is 0 Å². The van der Waals surface area contributed by atoms with Crippen molar-refractivity contribution in [3.05, 3.63) is 71.8 Å². The van der Waals surface area contributed by atoms with Gasteiger partial charge in [-0.2, -0.15) is 0 Å². The Labute approximate surface area is 121 Å². The molecule has 0 fully saturated rings. The van der Waals surface area contributed by atoms with Crippen LogP contribution in [0.1, 0.15) is 11.1 Å². The molecule has 0 bridgehead atoms. The minimum atomic E-state index is 0. The summed E-state index contributed by atoms with van der Waals surface area (Å²) in [5.41, 5.74) is 1.93. The van der Waals surface area contributed by atoms with E-state index in [4.69, 9.17) is 10.2 Å². The Morgan fingerprint density at radius 3 is 1.06 bits per heavy atom. The summed E-state index contributed by atoms with van der Waals surface area (Å²) in [4.78, 5) is 0. The molecule has 2 rings (SSSR count). The smallest absolute Gasteiger partial charge is 0.0681 e. The maximum atomic E-state index is 8.54. The molecule has 0 atom stereocenters. The van der Waals surface area contributed by atoms with E-state index in [0.717, 1.165) is 11.1 Å². The van der Waals surface area contributed by atoms with Crippen LogP contribution in [0.2, 0.25) is 0 Å². The molecule has 3 heteroatoms. The minimum Gasteiger partial charge on any atom is -0.392 e. The van der Waals surface area contributed by atoms with Crippen molar-refractivity contribution in [2.75, 3.05) is 0 Å². The van der Waals surface area contributed by atoms with Gasteiger partial charge in [-0.05, 0) is 11.1 Å². The molecule has 0 saturated carbocycles. The molecule has 2 N–H and O–H groups in total. The molecule has 0 aliphatic rings. The Morgan fingerprint density at radius 1 is 0.588 bits per heavy atom. The predicted octanol–water partition coefficient (Wildman–Crippen LogP) is 2.36. The van der Waals surface area contributed by atoms with E-state index in [2.05, 4.69) is 0 Å². The van der Waals surface area contributed by atoms with Crippen LogP contribution in [0.3, 0.4) is 0 Å². The molecule has 88 valence electrons. The number of hydrogen-bond donors (Lipinski definition) is 2. The number of aliphatic hydroxyl groups is 2. The first kappa shape index (κ1) is 16.2. The van der Waals surface area contributed by atoms with E-state index in [1.165, 1.54) is 0 Å². The van der Waals surface area contributed by atoms with Crippen LogP contribution < -0.4 is 0 Å². The number of aliphatic hydroxyl groups excluding tert-OH is 2. The van der Waals surface area contributed by atoms with E-state index in [0.29, 0.717) is 0 Å². The number of rotatable bonds is 2. The van der Waals surface area contributed by atoms with Gasteiger partial charge in [0.15, 0.2) is 0 Å². The molecule has 0 heterocycles. The summed E-state index contributed by atoms with van der Waals surface area (Å²) in [6.45, 7) is 0.279. The standard InChI is InChI=1S/2C7H8O.Zr/c2*8-6-7-4-2-1-3-5-7;/h2*1-5,8H,6H2;. The molecular formula is C14H16O2Zr. The van der Waals surface area contributed by atoms with Crippen molar-refractivity contribution in [3.63, 3.8) is 0 Å². The molecule has 0 aliphatic heterocycles. The van der Waals surface area contributed by atoms with Crippen molar-refractivity contribution < 1.29 is 36.4 Å². The van der Waals surface area contributed by atoms with Gasteiger partial charge in [0.25, 0.3) is 0 Å². The first-order valence-electron chi connectivity index (χ1n) is 5.16. The van der Waals surface area contributed by atoms with Gasteiger partial charge >= 0.3 is 0 Å². The fourth-order valence-electron chi connectivity index (χ4n) is 1.17. The first-order chi connectivity index (χ1) is 7.86. The van der Waals surface area contributed by atoms with Crippen LogP contribution >= 0.6 is 0 Å². The molecule has 17 heavy (non-hydrogen) atoms. The average molecular weight is 308 g/mol. The summed E-state index contributed by atoms with van der Waals surface area (Å²) >= 11 is 0. The summed E-state index contributed by atoms with van der Waals surface area (Å²) in [5, 5.41) is 17.1. The Balaban J connectivity index is 0.000000284. The largest absolute Gasteiger partial charge is 0.392 e. The van der Waals surface area contributed by atoms with Crippen LogP contribution in [0.5, 0.6) is 0 Å². The van der Waals surface area contributed by atoms with Gasteiger partial charge in [0.05, 0.1) is 13.2 Å². The first-order valence-corrected chi connectivity index (χ1v) is 5.16. The van der Waals surface area contributed by atoms with Gasteiger partial charge in [0, 0.05) is 26.2 Å². The fraction of sp³-hybridized carbons (Fsp3) is 0.143. The van der Waals surface area contributed by atoms with E-state index in [-0.39, 0.29) is 39.4 Å². The molecule has 2 nitrogen and oxygen atoms in total. The second kappa shape index (κ2) is 10.4. The zero-order valence-corrected chi connectivity index (χ0v) is 12.0. The molecule has 0 radical (unpaired) electrons. The van der Waals surface area contributed by atoms with Crippen LogP contribution in [-0.2, 0) is 39.4 Å². The summed E-state index contributed by atoms with van der Waals surface area (Å²) in [7, 11) is 0. The van der Waals surface area contributed by atoms with Crippen LogP contribution in [0.15, 0.2) is 60.7 Å². The van der Waals surface area contributed by atoms with Crippen LogP contribution in [0.4, 0.5) is 0 Å². The second-order valence-electron chi connectivity index (χ2n) is 3.29. The zero-order chi connectivity index (χ0) is 11.6. The number of hydrogen-bond acceptors (Lipinski definition) is 2. The van der Waals surface area contributed by atoms with Crippen molar-refractivity contribution in [1.82, 2.24) is 0 Å². The molecule has 0 unspecified atom stereocenters. The van der Waals surface area contributed by atoms with Crippen LogP contribution in [0, 0.1) is 0 Å². The third kappa shape index (κ3) is 7.22. The predicted molar refractivity (Wildman–Crippen MR) is 64.7 cm³/mol. The zero-order valence-electron chi connectivity index (χ0n) is 9.58. The molecule has 0 aromatic heterocycles. The van der Waals surface area contributed by atoms with Gasteiger partial charge in [-0.25, -0.2) is 0 Å². The summed E-state index contributed by atoms with van der Waals surface area (Å²) in [5.74, 6) is 0. The van der Waals surface area contributed by atoms with E-state index < -0.39 is 0 Å². The van der Waals surface area contributed by atoms with Gasteiger partial charge in [-0.15, -0.1) is 0 Å². The average Bonchev–Trinajstić information content (AvgIpc) is 2.41. The molecule has 2 aromatic carbocycles.